The molecule has 1 aromatic rings. The number of hydrogen-bond acceptors (Lipinski definition) is 4. The Bertz CT molecular complexity index is 420. The van der Waals surface area contributed by atoms with Gasteiger partial charge in [-0.15, -0.1) is 0 Å². The SMILES string of the molecule is Nc1ccc(OCCN2CCCN3CCCC3C2)cc1. The van der Waals surface area contributed by atoms with E-state index in [1.807, 2.05) is 24.3 Å². The first-order valence-corrected chi connectivity index (χ1v) is 7.76. The van der Waals surface area contributed by atoms with Crippen LogP contribution in [0.15, 0.2) is 24.3 Å². The molecule has 2 N–H and O–H groups in total. The minimum absolute atomic E-state index is 0.761. The Morgan fingerprint density at radius 2 is 1.90 bits per heavy atom. The van der Waals surface area contributed by atoms with Crippen LogP contribution in [0.5, 0.6) is 5.75 Å². The van der Waals surface area contributed by atoms with Crippen molar-refractivity contribution in [1.82, 2.24) is 9.80 Å². The van der Waals surface area contributed by atoms with Crippen molar-refractivity contribution in [3.8, 4) is 5.75 Å². The topological polar surface area (TPSA) is 41.7 Å². The third kappa shape index (κ3) is 3.44. The highest BCUT2D eigenvalue weighted by atomic mass is 16.5. The average Bonchev–Trinajstić information content (AvgIpc) is 2.80. The molecule has 0 amide bonds. The first-order valence-electron chi connectivity index (χ1n) is 7.76. The molecule has 2 aliphatic rings. The Morgan fingerprint density at radius 3 is 2.75 bits per heavy atom. The van der Waals surface area contributed by atoms with E-state index in [9.17, 15) is 0 Å². The van der Waals surface area contributed by atoms with Crippen molar-refractivity contribution in [3.63, 3.8) is 0 Å². The smallest absolute Gasteiger partial charge is 0.119 e. The minimum Gasteiger partial charge on any atom is -0.492 e. The van der Waals surface area contributed by atoms with Crippen molar-refractivity contribution in [1.29, 1.82) is 0 Å². The standard InChI is InChI=1S/C16H25N3O/c17-14-4-6-16(7-5-14)20-12-11-18-8-2-10-19-9-1-3-15(19)13-18/h4-7,15H,1-3,8-13,17H2. The van der Waals surface area contributed by atoms with Crippen LogP contribution in [0, 0.1) is 0 Å². The second-order valence-electron chi connectivity index (χ2n) is 5.90. The molecule has 0 bridgehead atoms. The van der Waals surface area contributed by atoms with E-state index < -0.39 is 0 Å². The van der Waals surface area contributed by atoms with E-state index in [1.165, 1.54) is 45.4 Å². The fourth-order valence-corrected chi connectivity index (χ4v) is 3.34. The highest BCUT2D eigenvalue weighted by Gasteiger charge is 2.28. The van der Waals surface area contributed by atoms with Crippen LogP contribution in [0.1, 0.15) is 19.3 Å². The van der Waals surface area contributed by atoms with Crippen LogP contribution < -0.4 is 10.5 Å². The molecule has 1 aromatic carbocycles. The maximum Gasteiger partial charge on any atom is 0.119 e. The van der Waals surface area contributed by atoms with Gasteiger partial charge in [-0.05, 0) is 63.2 Å². The Kier molecular flexibility index (Phi) is 4.43. The zero-order valence-corrected chi connectivity index (χ0v) is 12.1. The number of nitrogen functional groups attached to an aromatic ring is 1. The zero-order chi connectivity index (χ0) is 13.8. The molecule has 0 aromatic heterocycles. The molecule has 1 unspecified atom stereocenters. The number of anilines is 1. The maximum atomic E-state index is 5.81. The molecule has 4 nitrogen and oxygen atoms in total. The highest BCUT2D eigenvalue weighted by molar-refractivity contribution is 5.41. The fourth-order valence-electron chi connectivity index (χ4n) is 3.34. The third-order valence-electron chi connectivity index (χ3n) is 4.44. The van der Waals surface area contributed by atoms with Gasteiger partial charge in [-0.1, -0.05) is 0 Å². The number of ether oxygens (including phenoxy) is 1. The lowest BCUT2D eigenvalue weighted by molar-refractivity contribution is 0.188. The van der Waals surface area contributed by atoms with E-state index in [4.69, 9.17) is 10.5 Å². The first kappa shape index (κ1) is 13.7. The molecule has 110 valence electrons. The monoisotopic (exact) mass is 275 g/mol. The molecule has 1 atom stereocenters. The Labute approximate surface area is 121 Å². The van der Waals surface area contributed by atoms with Crippen LogP contribution in [-0.4, -0.2) is 55.2 Å². The molecule has 2 aliphatic heterocycles. The van der Waals surface area contributed by atoms with E-state index in [0.717, 1.165) is 30.6 Å². The van der Waals surface area contributed by atoms with Crippen LogP contribution in [0.25, 0.3) is 0 Å². The van der Waals surface area contributed by atoms with Gasteiger partial charge in [-0.2, -0.15) is 0 Å². The third-order valence-corrected chi connectivity index (χ3v) is 4.44. The summed E-state index contributed by atoms with van der Waals surface area (Å²) in [6.07, 6.45) is 4.04. The largest absolute Gasteiger partial charge is 0.492 e. The Hall–Kier alpha value is -1.26. The van der Waals surface area contributed by atoms with Gasteiger partial charge in [0.05, 0.1) is 0 Å². The van der Waals surface area contributed by atoms with Crippen molar-refractivity contribution in [2.75, 3.05) is 45.1 Å². The normalized spacial score (nSPS) is 24.3. The number of benzene rings is 1. The lowest BCUT2D eigenvalue weighted by atomic mass is 10.2. The molecule has 20 heavy (non-hydrogen) atoms. The predicted molar refractivity (Wildman–Crippen MR) is 82.0 cm³/mol. The van der Waals surface area contributed by atoms with E-state index >= 15 is 0 Å². The van der Waals surface area contributed by atoms with Crippen LogP contribution in [-0.2, 0) is 0 Å². The average molecular weight is 275 g/mol. The van der Waals surface area contributed by atoms with Crippen LogP contribution in [0.4, 0.5) is 5.69 Å². The van der Waals surface area contributed by atoms with Gasteiger partial charge in [0, 0.05) is 24.8 Å². The molecule has 0 aliphatic carbocycles. The second-order valence-corrected chi connectivity index (χ2v) is 5.90. The summed E-state index contributed by atoms with van der Waals surface area (Å²) in [5.74, 6) is 0.913. The zero-order valence-electron chi connectivity index (χ0n) is 12.1. The molecule has 3 rings (SSSR count). The van der Waals surface area contributed by atoms with Gasteiger partial charge in [0.15, 0.2) is 0 Å². The number of nitrogens with zero attached hydrogens (tertiary/aromatic N) is 2. The molecule has 0 saturated carbocycles. The molecular weight excluding hydrogens is 250 g/mol. The predicted octanol–water partition coefficient (Wildman–Crippen LogP) is 1.82. The van der Waals surface area contributed by atoms with E-state index in [1.54, 1.807) is 0 Å². The van der Waals surface area contributed by atoms with Crippen molar-refractivity contribution >= 4 is 5.69 Å². The summed E-state index contributed by atoms with van der Waals surface area (Å²) in [5.41, 5.74) is 6.45. The van der Waals surface area contributed by atoms with Crippen LogP contribution in [0.3, 0.4) is 0 Å². The lowest BCUT2D eigenvalue weighted by Crippen LogP contribution is -2.38. The molecule has 2 heterocycles. The number of rotatable bonds is 4. The van der Waals surface area contributed by atoms with Crippen molar-refractivity contribution in [3.05, 3.63) is 24.3 Å². The van der Waals surface area contributed by atoms with Crippen molar-refractivity contribution in [2.45, 2.75) is 25.3 Å². The molecule has 0 spiro atoms. The van der Waals surface area contributed by atoms with E-state index in [-0.39, 0.29) is 0 Å². The number of hydrogen-bond donors (Lipinski definition) is 1. The summed E-state index contributed by atoms with van der Waals surface area (Å²) in [6.45, 7) is 6.79. The van der Waals surface area contributed by atoms with Crippen molar-refractivity contribution < 1.29 is 4.74 Å². The molecule has 2 saturated heterocycles. The fraction of sp³-hybridized carbons (Fsp3) is 0.625. The molecule has 2 fully saturated rings. The van der Waals surface area contributed by atoms with Gasteiger partial charge < -0.3 is 10.5 Å². The molecular formula is C16H25N3O. The quantitative estimate of drug-likeness (QED) is 0.851. The van der Waals surface area contributed by atoms with Gasteiger partial charge >= 0.3 is 0 Å². The highest BCUT2D eigenvalue weighted by Crippen LogP contribution is 2.21. The molecule has 4 heteroatoms. The number of fused-ring (bicyclic) bond motifs is 1. The first-order chi connectivity index (χ1) is 9.81. The van der Waals surface area contributed by atoms with Crippen molar-refractivity contribution in [2.24, 2.45) is 0 Å². The van der Waals surface area contributed by atoms with E-state index in [2.05, 4.69) is 9.80 Å². The number of nitrogens with two attached hydrogens (primary N) is 1. The van der Waals surface area contributed by atoms with Gasteiger partial charge in [-0.25, -0.2) is 0 Å². The van der Waals surface area contributed by atoms with Crippen LogP contribution in [0.2, 0.25) is 0 Å². The van der Waals surface area contributed by atoms with Gasteiger partial charge in [0.25, 0.3) is 0 Å². The Balaban J connectivity index is 1.44. The summed E-state index contributed by atoms with van der Waals surface area (Å²) >= 11 is 0. The van der Waals surface area contributed by atoms with Gasteiger partial charge in [0.1, 0.15) is 12.4 Å². The summed E-state index contributed by atoms with van der Waals surface area (Å²) in [6, 6.07) is 8.44. The lowest BCUT2D eigenvalue weighted by Gasteiger charge is -2.25. The summed E-state index contributed by atoms with van der Waals surface area (Å²) in [5, 5.41) is 0. The van der Waals surface area contributed by atoms with E-state index in [0.29, 0.717) is 0 Å². The Morgan fingerprint density at radius 1 is 1.10 bits per heavy atom. The van der Waals surface area contributed by atoms with Gasteiger partial charge in [-0.3, -0.25) is 9.80 Å². The summed E-state index contributed by atoms with van der Waals surface area (Å²) < 4.78 is 5.81. The summed E-state index contributed by atoms with van der Waals surface area (Å²) in [7, 11) is 0. The second kappa shape index (κ2) is 6.46. The minimum atomic E-state index is 0.761. The van der Waals surface area contributed by atoms with Gasteiger partial charge in [0.2, 0.25) is 0 Å². The molecule has 0 radical (unpaired) electrons. The maximum absolute atomic E-state index is 5.81. The van der Waals surface area contributed by atoms with Crippen LogP contribution >= 0.6 is 0 Å². The summed E-state index contributed by atoms with van der Waals surface area (Å²) in [4.78, 5) is 5.23.